The fraction of sp³-hybridized carbons (Fsp3) is 0.143. The Morgan fingerprint density at radius 3 is 3.33 bits per heavy atom. The fourth-order valence-corrected chi connectivity index (χ4v) is 0.952. The van der Waals surface area contributed by atoms with Crippen molar-refractivity contribution in [2.24, 2.45) is 0 Å². The molecule has 0 bridgehead atoms. The first-order valence-electron chi connectivity index (χ1n) is 3.38. The van der Waals surface area contributed by atoms with Gasteiger partial charge in [0, 0.05) is 12.3 Å². The summed E-state index contributed by atoms with van der Waals surface area (Å²) < 4.78 is 18.1. The summed E-state index contributed by atoms with van der Waals surface area (Å²) in [5, 5.41) is 7.44. The highest BCUT2D eigenvalue weighted by atomic mass is 19.1. The number of alkyl halides is 1. The van der Waals surface area contributed by atoms with Crippen LogP contribution in [0.1, 0.15) is 0 Å². The Labute approximate surface area is 67.6 Å². The largest absolute Gasteiger partial charge is 0.463 e. The Kier molecular flexibility index (Phi) is 1.62. The van der Waals surface area contributed by atoms with Gasteiger partial charge < -0.3 is 4.74 Å². The van der Waals surface area contributed by atoms with E-state index < -0.39 is 6.86 Å². The zero-order valence-electron chi connectivity index (χ0n) is 6.14. The summed E-state index contributed by atoms with van der Waals surface area (Å²) in [6.45, 7) is -0.829. The minimum Gasteiger partial charge on any atom is -0.463 e. The molecule has 0 spiro atoms. The van der Waals surface area contributed by atoms with Crippen LogP contribution in [0.5, 0.6) is 5.75 Å². The molecule has 0 fully saturated rings. The lowest BCUT2D eigenvalue weighted by Gasteiger charge is -1.99. The van der Waals surface area contributed by atoms with E-state index in [1.807, 2.05) is 0 Å². The van der Waals surface area contributed by atoms with Gasteiger partial charge in [-0.15, -0.1) is 10.2 Å². The Hall–Kier alpha value is -1.65. The van der Waals surface area contributed by atoms with Crippen LogP contribution in [-0.2, 0) is 0 Å². The number of aromatic nitrogens is 3. The molecule has 2 aromatic rings. The maximum Gasteiger partial charge on any atom is 0.228 e. The highest BCUT2D eigenvalue weighted by molar-refractivity contribution is 5.42. The SMILES string of the molecule is FCOc1ccn2cnnc2c1. The van der Waals surface area contributed by atoms with Gasteiger partial charge in [-0.25, -0.2) is 4.39 Å². The van der Waals surface area contributed by atoms with Crippen molar-refractivity contribution < 1.29 is 9.13 Å². The van der Waals surface area contributed by atoms with Gasteiger partial charge in [-0.05, 0) is 6.07 Å². The molecule has 0 saturated heterocycles. The number of ether oxygens (including phenoxy) is 1. The van der Waals surface area contributed by atoms with Gasteiger partial charge in [0.1, 0.15) is 12.1 Å². The molecule has 2 rings (SSSR count). The lowest BCUT2D eigenvalue weighted by Crippen LogP contribution is -1.91. The predicted octanol–water partition coefficient (Wildman–Crippen LogP) is 1.04. The van der Waals surface area contributed by atoms with E-state index in [0.29, 0.717) is 11.4 Å². The van der Waals surface area contributed by atoms with Gasteiger partial charge in [0.25, 0.3) is 0 Å². The van der Waals surface area contributed by atoms with Crippen molar-refractivity contribution >= 4 is 5.65 Å². The van der Waals surface area contributed by atoms with Crippen LogP contribution in [-0.4, -0.2) is 21.5 Å². The smallest absolute Gasteiger partial charge is 0.228 e. The van der Waals surface area contributed by atoms with E-state index >= 15 is 0 Å². The third-order valence-corrected chi connectivity index (χ3v) is 1.49. The standard InChI is InChI=1S/C7H6FN3O/c8-4-12-6-1-2-11-5-9-10-7(11)3-6/h1-3,5H,4H2. The van der Waals surface area contributed by atoms with Crippen LogP contribution in [0, 0.1) is 0 Å². The number of rotatable bonds is 2. The number of nitrogens with zero attached hydrogens (tertiary/aromatic N) is 3. The number of fused-ring (bicyclic) bond motifs is 1. The van der Waals surface area contributed by atoms with Crippen molar-refractivity contribution in [3.05, 3.63) is 24.7 Å². The van der Waals surface area contributed by atoms with Gasteiger partial charge in [-0.1, -0.05) is 0 Å². The first-order valence-corrected chi connectivity index (χ1v) is 3.38. The Morgan fingerprint density at radius 2 is 2.50 bits per heavy atom. The molecule has 0 saturated carbocycles. The van der Waals surface area contributed by atoms with Crippen molar-refractivity contribution in [1.82, 2.24) is 14.6 Å². The molecule has 0 amide bonds. The lowest BCUT2D eigenvalue weighted by molar-refractivity contribution is 0.192. The van der Waals surface area contributed by atoms with E-state index in [1.165, 1.54) is 0 Å². The average Bonchev–Trinajstić information content (AvgIpc) is 2.51. The normalized spacial score (nSPS) is 10.4. The van der Waals surface area contributed by atoms with Crippen LogP contribution in [0.3, 0.4) is 0 Å². The summed E-state index contributed by atoms with van der Waals surface area (Å²) in [6.07, 6.45) is 3.27. The van der Waals surface area contributed by atoms with Crippen LogP contribution in [0.2, 0.25) is 0 Å². The third kappa shape index (κ3) is 1.09. The van der Waals surface area contributed by atoms with Crippen LogP contribution >= 0.6 is 0 Å². The summed E-state index contributed by atoms with van der Waals surface area (Å²) in [7, 11) is 0. The maximum absolute atomic E-state index is 11.7. The van der Waals surface area contributed by atoms with Gasteiger partial charge in [-0.3, -0.25) is 4.40 Å². The highest BCUT2D eigenvalue weighted by Gasteiger charge is 1.97. The predicted molar refractivity (Wildman–Crippen MR) is 39.6 cm³/mol. The third-order valence-electron chi connectivity index (χ3n) is 1.49. The van der Waals surface area contributed by atoms with E-state index in [0.717, 1.165) is 0 Å². The summed E-state index contributed by atoms with van der Waals surface area (Å²) >= 11 is 0. The van der Waals surface area contributed by atoms with Crippen molar-refractivity contribution in [2.75, 3.05) is 6.86 Å². The molecular weight excluding hydrogens is 161 g/mol. The van der Waals surface area contributed by atoms with Gasteiger partial charge in [0.05, 0.1) is 0 Å². The van der Waals surface area contributed by atoms with E-state index in [9.17, 15) is 4.39 Å². The maximum atomic E-state index is 11.7. The molecular formula is C7H6FN3O. The van der Waals surface area contributed by atoms with Crippen LogP contribution in [0.4, 0.5) is 4.39 Å². The second-order valence-corrected chi connectivity index (χ2v) is 2.21. The van der Waals surface area contributed by atoms with Gasteiger partial charge in [0.2, 0.25) is 6.86 Å². The average molecular weight is 167 g/mol. The summed E-state index contributed by atoms with van der Waals surface area (Å²) in [4.78, 5) is 0. The van der Waals surface area contributed by atoms with E-state index in [2.05, 4.69) is 14.9 Å². The second kappa shape index (κ2) is 2.77. The molecule has 0 aromatic carbocycles. The number of hydrogen-bond acceptors (Lipinski definition) is 3. The quantitative estimate of drug-likeness (QED) is 0.670. The van der Waals surface area contributed by atoms with Crippen LogP contribution in [0.25, 0.3) is 5.65 Å². The molecule has 62 valence electrons. The Balaban J connectivity index is 2.46. The second-order valence-electron chi connectivity index (χ2n) is 2.21. The molecule has 2 aromatic heterocycles. The highest BCUT2D eigenvalue weighted by Crippen LogP contribution is 2.11. The van der Waals surface area contributed by atoms with Crippen molar-refractivity contribution in [2.45, 2.75) is 0 Å². The topological polar surface area (TPSA) is 39.4 Å². The zero-order chi connectivity index (χ0) is 8.39. The van der Waals surface area contributed by atoms with Crippen LogP contribution < -0.4 is 4.74 Å². The Morgan fingerprint density at radius 1 is 1.58 bits per heavy atom. The molecule has 0 atom stereocenters. The first-order chi connectivity index (χ1) is 5.90. The summed E-state index contributed by atoms with van der Waals surface area (Å²) in [6, 6.07) is 3.27. The van der Waals surface area contributed by atoms with Crippen molar-refractivity contribution in [3.63, 3.8) is 0 Å². The van der Waals surface area contributed by atoms with E-state index in [-0.39, 0.29) is 0 Å². The number of pyridine rings is 1. The fourth-order valence-electron chi connectivity index (χ4n) is 0.952. The first kappa shape index (κ1) is 7.02. The number of hydrogen-bond donors (Lipinski definition) is 0. The molecule has 0 unspecified atom stereocenters. The minimum absolute atomic E-state index is 0.456. The van der Waals surface area contributed by atoms with Crippen LogP contribution in [0.15, 0.2) is 24.7 Å². The molecule has 4 nitrogen and oxygen atoms in total. The zero-order valence-corrected chi connectivity index (χ0v) is 6.14. The van der Waals surface area contributed by atoms with Gasteiger partial charge in [0.15, 0.2) is 5.65 Å². The van der Waals surface area contributed by atoms with E-state index in [1.54, 1.807) is 29.1 Å². The van der Waals surface area contributed by atoms with Gasteiger partial charge in [-0.2, -0.15) is 0 Å². The molecule has 0 aliphatic heterocycles. The minimum atomic E-state index is -0.829. The Bertz CT molecular complexity index is 387. The monoisotopic (exact) mass is 167 g/mol. The molecule has 12 heavy (non-hydrogen) atoms. The summed E-state index contributed by atoms with van der Waals surface area (Å²) in [5.74, 6) is 0.456. The van der Waals surface area contributed by atoms with Crippen molar-refractivity contribution in [1.29, 1.82) is 0 Å². The molecule has 0 N–H and O–H groups in total. The molecule has 5 heteroatoms. The molecule has 0 aliphatic carbocycles. The molecule has 2 heterocycles. The number of halogens is 1. The van der Waals surface area contributed by atoms with Crippen molar-refractivity contribution in [3.8, 4) is 5.75 Å². The molecule has 0 aliphatic rings. The lowest BCUT2D eigenvalue weighted by atomic mass is 10.4. The van der Waals surface area contributed by atoms with Gasteiger partial charge >= 0.3 is 0 Å². The molecule has 0 radical (unpaired) electrons. The van der Waals surface area contributed by atoms with E-state index in [4.69, 9.17) is 0 Å². The summed E-state index contributed by atoms with van der Waals surface area (Å²) in [5.41, 5.74) is 0.640.